The van der Waals surface area contributed by atoms with E-state index in [2.05, 4.69) is 6.92 Å². The molecule has 3 nitrogen and oxygen atoms in total. The molecule has 0 unspecified atom stereocenters. The lowest BCUT2D eigenvalue weighted by Gasteiger charge is -2.18. The normalized spacial score (nSPS) is 16.4. The Morgan fingerprint density at radius 1 is 1.33 bits per heavy atom. The van der Waals surface area contributed by atoms with Gasteiger partial charge in [0.15, 0.2) is 0 Å². The third-order valence-corrected chi connectivity index (χ3v) is 4.25. The molecule has 2 rings (SSSR count). The highest BCUT2D eigenvalue weighted by Crippen LogP contribution is 2.49. The molecule has 0 aromatic heterocycles. The van der Waals surface area contributed by atoms with Crippen LogP contribution in [-0.4, -0.2) is 18.2 Å². The summed E-state index contributed by atoms with van der Waals surface area (Å²) in [6.07, 6.45) is 2.24. The summed E-state index contributed by atoms with van der Waals surface area (Å²) >= 11 is 0. The van der Waals surface area contributed by atoms with Gasteiger partial charge in [0.05, 0.1) is 12.5 Å². The van der Waals surface area contributed by atoms with Crippen molar-refractivity contribution < 1.29 is 14.6 Å². The van der Waals surface area contributed by atoms with E-state index in [0.29, 0.717) is 6.42 Å². The zero-order chi connectivity index (χ0) is 13.5. The second-order valence-electron chi connectivity index (χ2n) is 5.39. The fourth-order valence-electron chi connectivity index (χ4n) is 2.54. The number of methoxy groups -OCH3 is 1. The molecule has 1 fully saturated rings. The van der Waals surface area contributed by atoms with Gasteiger partial charge in [-0.25, -0.2) is 0 Å². The SMILES string of the molecule is COc1cc(C)c(CC2(C(=O)O)CC2)c(C)c1C. The summed E-state index contributed by atoms with van der Waals surface area (Å²) in [7, 11) is 1.67. The highest BCUT2D eigenvalue weighted by atomic mass is 16.5. The van der Waals surface area contributed by atoms with Crippen molar-refractivity contribution in [2.75, 3.05) is 7.11 Å². The van der Waals surface area contributed by atoms with Crippen LogP contribution in [0.1, 0.15) is 35.1 Å². The van der Waals surface area contributed by atoms with Crippen LogP contribution in [0, 0.1) is 26.2 Å². The molecule has 0 bridgehead atoms. The van der Waals surface area contributed by atoms with Gasteiger partial charge in [-0.1, -0.05) is 0 Å². The Bertz CT molecular complexity index is 499. The van der Waals surface area contributed by atoms with Crippen LogP contribution in [0.15, 0.2) is 6.07 Å². The van der Waals surface area contributed by atoms with Gasteiger partial charge in [-0.15, -0.1) is 0 Å². The number of hydrogen-bond donors (Lipinski definition) is 1. The van der Waals surface area contributed by atoms with Crippen LogP contribution in [0.4, 0.5) is 0 Å². The van der Waals surface area contributed by atoms with Crippen molar-refractivity contribution in [2.45, 2.75) is 40.0 Å². The molecular weight excluding hydrogens is 228 g/mol. The molecule has 18 heavy (non-hydrogen) atoms. The number of aliphatic carboxylic acids is 1. The Morgan fingerprint density at radius 2 is 1.94 bits per heavy atom. The summed E-state index contributed by atoms with van der Waals surface area (Å²) in [5, 5.41) is 9.29. The van der Waals surface area contributed by atoms with E-state index in [1.165, 1.54) is 11.1 Å². The smallest absolute Gasteiger partial charge is 0.309 e. The standard InChI is InChI=1S/C15H20O3/c1-9-7-13(18-4)11(3)10(2)12(9)8-15(5-6-15)14(16)17/h7H,5-6,8H2,1-4H3,(H,16,17). The molecule has 0 spiro atoms. The summed E-state index contributed by atoms with van der Waals surface area (Å²) in [5.41, 5.74) is 4.07. The molecule has 1 aliphatic rings. The summed E-state index contributed by atoms with van der Waals surface area (Å²) in [6, 6.07) is 2.01. The second-order valence-corrected chi connectivity index (χ2v) is 5.39. The Kier molecular flexibility index (Phi) is 3.09. The predicted molar refractivity (Wildman–Crippen MR) is 70.2 cm³/mol. The molecule has 0 atom stereocenters. The van der Waals surface area contributed by atoms with Gasteiger partial charge in [0, 0.05) is 0 Å². The van der Waals surface area contributed by atoms with E-state index in [1.54, 1.807) is 7.11 Å². The van der Waals surface area contributed by atoms with Crippen molar-refractivity contribution in [3.63, 3.8) is 0 Å². The number of carboxylic acid groups (broad SMARTS) is 1. The van der Waals surface area contributed by atoms with Crippen molar-refractivity contribution in [3.8, 4) is 5.75 Å². The van der Waals surface area contributed by atoms with Crippen molar-refractivity contribution in [2.24, 2.45) is 5.41 Å². The maximum Gasteiger partial charge on any atom is 0.309 e. The Labute approximate surface area is 108 Å². The van der Waals surface area contributed by atoms with Gasteiger partial charge in [-0.3, -0.25) is 4.79 Å². The number of hydrogen-bond acceptors (Lipinski definition) is 2. The molecule has 0 amide bonds. The summed E-state index contributed by atoms with van der Waals surface area (Å²) in [4.78, 5) is 11.3. The van der Waals surface area contributed by atoms with Gasteiger partial charge in [-0.05, 0) is 68.4 Å². The molecule has 0 heterocycles. The van der Waals surface area contributed by atoms with Crippen molar-refractivity contribution in [1.82, 2.24) is 0 Å². The van der Waals surface area contributed by atoms with Gasteiger partial charge in [-0.2, -0.15) is 0 Å². The van der Waals surface area contributed by atoms with E-state index in [4.69, 9.17) is 4.74 Å². The molecular formula is C15H20O3. The van der Waals surface area contributed by atoms with Gasteiger partial charge in [0.25, 0.3) is 0 Å². The van der Waals surface area contributed by atoms with Gasteiger partial charge < -0.3 is 9.84 Å². The summed E-state index contributed by atoms with van der Waals surface area (Å²) < 4.78 is 5.34. The van der Waals surface area contributed by atoms with E-state index in [1.807, 2.05) is 19.9 Å². The number of benzene rings is 1. The minimum Gasteiger partial charge on any atom is -0.496 e. The quantitative estimate of drug-likeness (QED) is 0.890. The lowest BCUT2D eigenvalue weighted by Crippen LogP contribution is -2.19. The number of rotatable bonds is 4. The third kappa shape index (κ3) is 1.98. The average molecular weight is 248 g/mol. The van der Waals surface area contributed by atoms with Crippen LogP contribution < -0.4 is 4.74 Å². The van der Waals surface area contributed by atoms with Crippen molar-refractivity contribution in [3.05, 3.63) is 28.3 Å². The first-order valence-electron chi connectivity index (χ1n) is 6.28. The van der Waals surface area contributed by atoms with E-state index >= 15 is 0 Å². The van der Waals surface area contributed by atoms with Crippen LogP contribution in [0.3, 0.4) is 0 Å². The molecule has 1 aromatic rings. The molecule has 1 aromatic carbocycles. The van der Waals surface area contributed by atoms with Crippen molar-refractivity contribution >= 4 is 5.97 Å². The molecule has 0 radical (unpaired) electrons. The molecule has 1 aliphatic carbocycles. The molecule has 1 N–H and O–H groups in total. The molecule has 98 valence electrons. The Balaban J connectivity index is 2.40. The van der Waals surface area contributed by atoms with E-state index in [-0.39, 0.29) is 0 Å². The van der Waals surface area contributed by atoms with Crippen LogP contribution in [0.5, 0.6) is 5.75 Å². The minimum atomic E-state index is -0.658. The monoisotopic (exact) mass is 248 g/mol. The topological polar surface area (TPSA) is 46.5 Å². The van der Waals surface area contributed by atoms with Crippen molar-refractivity contribution in [1.29, 1.82) is 0 Å². The molecule has 3 heteroatoms. The van der Waals surface area contributed by atoms with Crippen LogP contribution in [-0.2, 0) is 11.2 Å². The molecule has 0 aliphatic heterocycles. The molecule has 1 saturated carbocycles. The maximum atomic E-state index is 11.3. The van der Waals surface area contributed by atoms with Gasteiger partial charge >= 0.3 is 5.97 Å². The maximum absolute atomic E-state index is 11.3. The first kappa shape index (κ1) is 12.9. The highest BCUT2D eigenvalue weighted by molar-refractivity contribution is 5.78. The zero-order valence-corrected chi connectivity index (χ0v) is 11.5. The van der Waals surface area contributed by atoms with E-state index in [9.17, 15) is 9.90 Å². The number of carbonyl (C=O) groups is 1. The second kappa shape index (κ2) is 4.30. The summed E-state index contributed by atoms with van der Waals surface area (Å²) in [5.74, 6) is 0.226. The van der Waals surface area contributed by atoms with Gasteiger partial charge in [0.2, 0.25) is 0 Å². The lowest BCUT2D eigenvalue weighted by molar-refractivity contribution is -0.143. The fourth-order valence-corrected chi connectivity index (χ4v) is 2.54. The van der Waals surface area contributed by atoms with Gasteiger partial charge in [0.1, 0.15) is 5.75 Å². The highest BCUT2D eigenvalue weighted by Gasteiger charge is 2.50. The first-order chi connectivity index (χ1) is 8.41. The largest absolute Gasteiger partial charge is 0.496 e. The average Bonchev–Trinajstić information content (AvgIpc) is 3.10. The molecule has 0 saturated heterocycles. The Hall–Kier alpha value is -1.51. The predicted octanol–water partition coefficient (Wildman–Crippen LogP) is 3.03. The first-order valence-corrected chi connectivity index (χ1v) is 6.28. The van der Waals surface area contributed by atoms with E-state index in [0.717, 1.165) is 29.7 Å². The van der Waals surface area contributed by atoms with Crippen LogP contribution >= 0.6 is 0 Å². The fraction of sp³-hybridized carbons (Fsp3) is 0.533. The van der Waals surface area contributed by atoms with Crippen LogP contribution in [0.2, 0.25) is 0 Å². The van der Waals surface area contributed by atoms with Crippen LogP contribution in [0.25, 0.3) is 0 Å². The summed E-state index contributed by atoms with van der Waals surface area (Å²) in [6.45, 7) is 6.11. The number of aryl methyl sites for hydroxylation is 1. The lowest BCUT2D eigenvalue weighted by atomic mass is 9.88. The zero-order valence-electron chi connectivity index (χ0n) is 11.5. The number of ether oxygens (including phenoxy) is 1. The van der Waals surface area contributed by atoms with E-state index < -0.39 is 11.4 Å². The number of carboxylic acids is 1. The minimum absolute atomic E-state index is 0.503. The Morgan fingerprint density at radius 3 is 2.39 bits per heavy atom. The third-order valence-electron chi connectivity index (χ3n) is 4.25.